The molecule has 2 heteroatoms. The van der Waals surface area contributed by atoms with E-state index in [1.165, 1.54) is 6.42 Å². The molecule has 2 unspecified atom stereocenters. The van der Waals surface area contributed by atoms with Gasteiger partial charge in [0.2, 0.25) is 0 Å². The van der Waals surface area contributed by atoms with Crippen LogP contribution in [-0.2, 0) is 0 Å². The topological polar surface area (TPSA) is 20.2 Å². The van der Waals surface area contributed by atoms with Gasteiger partial charge < -0.3 is 5.11 Å². The molecule has 2 aliphatic carbocycles. The summed E-state index contributed by atoms with van der Waals surface area (Å²) in [4.78, 5) is 0. The molecule has 0 bridgehead atoms. The number of rotatable bonds is 0. The smallest absolute Gasteiger partial charge is 0.0666 e. The van der Waals surface area contributed by atoms with E-state index in [2.05, 4.69) is 29.5 Å². The van der Waals surface area contributed by atoms with E-state index < -0.39 is 0 Å². The Kier molecular flexibility index (Phi) is 1.17. The zero-order chi connectivity index (χ0) is 6.65. The quantitative estimate of drug-likeness (QED) is 0.501. The highest BCUT2D eigenvalue weighted by molar-refractivity contribution is 14.1. The van der Waals surface area contributed by atoms with E-state index in [-0.39, 0.29) is 6.10 Å². The molecule has 0 spiro atoms. The Bertz CT molecular complexity index is 148. The summed E-state index contributed by atoms with van der Waals surface area (Å²) in [5.74, 6) is 0.841. The largest absolute Gasteiger partial charge is 0.392 e. The fourth-order valence-corrected chi connectivity index (χ4v) is 3.41. The van der Waals surface area contributed by atoms with Crippen LogP contribution in [0.2, 0.25) is 0 Å². The number of fused-ring (bicyclic) bond motifs is 1. The van der Waals surface area contributed by atoms with Crippen molar-refractivity contribution in [1.29, 1.82) is 0 Å². The van der Waals surface area contributed by atoms with Crippen LogP contribution in [0.15, 0.2) is 0 Å². The van der Waals surface area contributed by atoms with Crippen LogP contribution in [0.5, 0.6) is 0 Å². The third kappa shape index (κ3) is 0.755. The summed E-state index contributed by atoms with van der Waals surface area (Å²) in [6, 6.07) is 0. The molecule has 0 radical (unpaired) electrons. The molecule has 0 amide bonds. The zero-order valence-corrected chi connectivity index (χ0v) is 7.63. The second-order valence-electron chi connectivity index (χ2n) is 3.68. The van der Waals surface area contributed by atoms with E-state index in [0.29, 0.717) is 9.34 Å². The standard InChI is InChI=1S/C7H11IO/c1-7-2-4(7)6(8)5(9)3-7/h4-6,9H,2-3H2,1H3/t4?,5?,6-,7-/m0/s1. The van der Waals surface area contributed by atoms with Gasteiger partial charge in [-0.05, 0) is 24.2 Å². The van der Waals surface area contributed by atoms with E-state index in [9.17, 15) is 5.11 Å². The number of alkyl halides is 1. The van der Waals surface area contributed by atoms with Gasteiger partial charge in [0, 0.05) is 3.92 Å². The molecule has 0 aromatic rings. The van der Waals surface area contributed by atoms with Crippen molar-refractivity contribution in [2.75, 3.05) is 0 Å². The Morgan fingerprint density at radius 2 is 2.22 bits per heavy atom. The Balaban J connectivity index is 2.15. The first-order chi connectivity index (χ1) is 4.13. The van der Waals surface area contributed by atoms with Crippen molar-refractivity contribution < 1.29 is 5.11 Å². The fourth-order valence-electron chi connectivity index (χ4n) is 2.03. The van der Waals surface area contributed by atoms with Crippen LogP contribution in [-0.4, -0.2) is 15.1 Å². The van der Waals surface area contributed by atoms with Gasteiger partial charge in [-0.3, -0.25) is 0 Å². The minimum atomic E-state index is -0.00523. The van der Waals surface area contributed by atoms with Gasteiger partial charge in [-0.1, -0.05) is 29.5 Å². The number of hydrogen-bond acceptors (Lipinski definition) is 1. The third-order valence-corrected chi connectivity index (χ3v) is 4.55. The normalized spacial score (nSPS) is 63.7. The molecule has 0 aliphatic heterocycles. The summed E-state index contributed by atoms with van der Waals surface area (Å²) in [5, 5.41) is 9.36. The monoisotopic (exact) mass is 238 g/mol. The van der Waals surface area contributed by atoms with Gasteiger partial charge in [0.25, 0.3) is 0 Å². The van der Waals surface area contributed by atoms with Crippen molar-refractivity contribution in [3.05, 3.63) is 0 Å². The molecule has 1 nitrogen and oxygen atoms in total. The predicted octanol–water partition coefficient (Wildman–Crippen LogP) is 1.58. The van der Waals surface area contributed by atoms with Crippen molar-refractivity contribution in [3.8, 4) is 0 Å². The second kappa shape index (κ2) is 1.64. The Morgan fingerprint density at radius 3 is 2.44 bits per heavy atom. The Hall–Kier alpha value is 0.690. The highest BCUT2D eigenvalue weighted by atomic mass is 127. The number of halogens is 1. The van der Waals surface area contributed by atoms with Crippen LogP contribution in [0, 0.1) is 11.3 Å². The molecule has 52 valence electrons. The maximum atomic E-state index is 9.36. The first-order valence-electron chi connectivity index (χ1n) is 3.46. The van der Waals surface area contributed by atoms with Crippen molar-refractivity contribution in [2.45, 2.75) is 29.8 Å². The second-order valence-corrected chi connectivity index (χ2v) is 5.12. The molecule has 0 aromatic carbocycles. The molecule has 1 N–H and O–H groups in total. The molecular formula is C7H11IO. The van der Waals surface area contributed by atoms with Gasteiger partial charge in [-0.25, -0.2) is 0 Å². The lowest BCUT2D eigenvalue weighted by Crippen LogP contribution is -2.16. The van der Waals surface area contributed by atoms with Gasteiger partial charge >= 0.3 is 0 Å². The SMILES string of the molecule is C[C@]12CC(O)[C@@H](I)C1C2. The minimum absolute atomic E-state index is 0.00523. The molecule has 2 fully saturated rings. The van der Waals surface area contributed by atoms with Crippen LogP contribution in [0.4, 0.5) is 0 Å². The molecule has 0 heterocycles. The van der Waals surface area contributed by atoms with Crippen LogP contribution >= 0.6 is 22.6 Å². The van der Waals surface area contributed by atoms with Gasteiger partial charge in [-0.15, -0.1) is 0 Å². The Labute approximate surface area is 69.0 Å². The van der Waals surface area contributed by atoms with Gasteiger partial charge in [0.15, 0.2) is 0 Å². The number of aliphatic hydroxyl groups excluding tert-OH is 1. The lowest BCUT2D eigenvalue weighted by Gasteiger charge is -2.09. The van der Waals surface area contributed by atoms with Crippen molar-refractivity contribution in [3.63, 3.8) is 0 Å². The van der Waals surface area contributed by atoms with Crippen molar-refractivity contribution in [1.82, 2.24) is 0 Å². The summed E-state index contributed by atoms with van der Waals surface area (Å²) in [6.45, 7) is 2.29. The van der Waals surface area contributed by atoms with Crippen molar-refractivity contribution in [2.24, 2.45) is 11.3 Å². The van der Waals surface area contributed by atoms with Gasteiger partial charge in [0.05, 0.1) is 6.10 Å². The molecule has 0 saturated heterocycles. The molecule has 2 rings (SSSR count). The van der Waals surface area contributed by atoms with E-state index in [4.69, 9.17) is 0 Å². The zero-order valence-electron chi connectivity index (χ0n) is 5.47. The van der Waals surface area contributed by atoms with Crippen LogP contribution < -0.4 is 0 Å². The third-order valence-electron chi connectivity index (χ3n) is 2.85. The summed E-state index contributed by atoms with van der Waals surface area (Å²) >= 11 is 2.39. The fraction of sp³-hybridized carbons (Fsp3) is 1.00. The van der Waals surface area contributed by atoms with E-state index >= 15 is 0 Å². The molecule has 2 saturated carbocycles. The van der Waals surface area contributed by atoms with Crippen molar-refractivity contribution >= 4 is 22.6 Å². The lowest BCUT2D eigenvalue weighted by atomic mass is 10.1. The summed E-state index contributed by atoms with van der Waals surface area (Å²) in [7, 11) is 0. The number of aliphatic hydroxyl groups is 1. The molecule has 2 aliphatic rings. The first-order valence-corrected chi connectivity index (χ1v) is 4.70. The Morgan fingerprint density at radius 1 is 1.56 bits per heavy atom. The average molecular weight is 238 g/mol. The summed E-state index contributed by atoms with van der Waals surface area (Å²) in [6.07, 6.45) is 2.40. The van der Waals surface area contributed by atoms with E-state index in [1.807, 2.05) is 0 Å². The summed E-state index contributed by atoms with van der Waals surface area (Å²) in [5.41, 5.74) is 0.547. The van der Waals surface area contributed by atoms with Gasteiger partial charge in [-0.2, -0.15) is 0 Å². The van der Waals surface area contributed by atoms with E-state index in [0.717, 1.165) is 12.3 Å². The maximum Gasteiger partial charge on any atom is 0.0666 e. The first kappa shape index (κ1) is 6.40. The number of hydrogen-bond donors (Lipinski definition) is 1. The minimum Gasteiger partial charge on any atom is -0.392 e. The lowest BCUT2D eigenvalue weighted by molar-refractivity contribution is 0.169. The average Bonchev–Trinajstić information content (AvgIpc) is 2.34. The van der Waals surface area contributed by atoms with Crippen LogP contribution in [0.25, 0.3) is 0 Å². The molecular weight excluding hydrogens is 227 g/mol. The van der Waals surface area contributed by atoms with E-state index in [1.54, 1.807) is 0 Å². The van der Waals surface area contributed by atoms with Crippen LogP contribution in [0.3, 0.4) is 0 Å². The van der Waals surface area contributed by atoms with Crippen LogP contribution in [0.1, 0.15) is 19.8 Å². The van der Waals surface area contributed by atoms with Gasteiger partial charge in [0.1, 0.15) is 0 Å². The molecule has 0 aromatic heterocycles. The molecule has 9 heavy (non-hydrogen) atoms. The highest BCUT2D eigenvalue weighted by Crippen LogP contribution is 2.65. The molecule has 4 atom stereocenters. The highest BCUT2D eigenvalue weighted by Gasteiger charge is 2.61. The maximum absolute atomic E-state index is 9.36. The summed E-state index contributed by atoms with van der Waals surface area (Å²) < 4.78 is 0.549. The predicted molar refractivity (Wildman–Crippen MR) is 44.6 cm³/mol.